The molecule has 0 bridgehead atoms. The molecule has 0 amide bonds. The smallest absolute Gasteiger partial charge is 0.0587 e. The van der Waals surface area contributed by atoms with E-state index < -0.39 is 0 Å². The minimum absolute atomic E-state index is 0.536. The molecule has 0 saturated carbocycles. The van der Waals surface area contributed by atoms with Gasteiger partial charge in [0.2, 0.25) is 0 Å². The molecule has 78 valence electrons. The normalized spacial score (nSPS) is 23.8. The van der Waals surface area contributed by atoms with Crippen LogP contribution in [0.2, 0.25) is 0 Å². The van der Waals surface area contributed by atoms with Gasteiger partial charge in [0.25, 0.3) is 0 Å². The maximum atomic E-state index is 5.64. The molecule has 1 fully saturated rings. The monoisotopic (exact) mass is 185 g/mol. The molecule has 0 aromatic heterocycles. The fourth-order valence-electron chi connectivity index (χ4n) is 1.69. The van der Waals surface area contributed by atoms with Gasteiger partial charge in [-0.2, -0.15) is 0 Å². The van der Waals surface area contributed by atoms with Gasteiger partial charge in [0.05, 0.1) is 6.10 Å². The number of hydrogen-bond acceptors (Lipinski definition) is 2. The molecule has 1 aliphatic heterocycles. The van der Waals surface area contributed by atoms with Crippen molar-refractivity contribution in [1.82, 2.24) is 5.32 Å². The average Bonchev–Trinajstić information content (AvgIpc) is 2.14. The molecule has 0 radical (unpaired) electrons. The molecule has 1 heterocycles. The third-order valence-corrected chi connectivity index (χ3v) is 2.47. The van der Waals surface area contributed by atoms with Gasteiger partial charge in [-0.1, -0.05) is 13.8 Å². The zero-order valence-electron chi connectivity index (χ0n) is 9.01. The fourth-order valence-corrected chi connectivity index (χ4v) is 1.69. The van der Waals surface area contributed by atoms with E-state index in [-0.39, 0.29) is 0 Å². The van der Waals surface area contributed by atoms with E-state index in [1.807, 2.05) is 0 Å². The summed E-state index contributed by atoms with van der Waals surface area (Å²) in [7, 11) is 0. The van der Waals surface area contributed by atoms with Crippen LogP contribution >= 0.6 is 0 Å². The molecule has 2 nitrogen and oxygen atoms in total. The van der Waals surface area contributed by atoms with E-state index >= 15 is 0 Å². The van der Waals surface area contributed by atoms with E-state index in [0.717, 1.165) is 25.6 Å². The van der Waals surface area contributed by atoms with E-state index in [1.165, 1.54) is 25.7 Å². The molecule has 2 heteroatoms. The Labute approximate surface area is 82.0 Å². The lowest BCUT2D eigenvalue weighted by Gasteiger charge is -2.22. The van der Waals surface area contributed by atoms with Crippen LogP contribution in [0.15, 0.2) is 0 Å². The molecular formula is C11H23NO. The highest BCUT2D eigenvalue weighted by Crippen LogP contribution is 2.14. The van der Waals surface area contributed by atoms with Gasteiger partial charge in [-0.05, 0) is 44.7 Å². The highest BCUT2D eigenvalue weighted by atomic mass is 16.5. The highest BCUT2D eigenvalue weighted by Gasteiger charge is 2.12. The van der Waals surface area contributed by atoms with Crippen LogP contribution in [0.3, 0.4) is 0 Å². The molecule has 1 N–H and O–H groups in total. The van der Waals surface area contributed by atoms with Crippen LogP contribution in [-0.4, -0.2) is 25.8 Å². The maximum Gasteiger partial charge on any atom is 0.0587 e. The first-order valence-electron chi connectivity index (χ1n) is 5.61. The summed E-state index contributed by atoms with van der Waals surface area (Å²) in [5.41, 5.74) is 0. The molecule has 0 aromatic rings. The van der Waals surface area contributed by atoms with Crippen molar-refractivity contribution in [2.75, 3.05) is 19.7 Å². The number of rotatable bonds is 5. The van der Waals surface area contributed by atoms with Crippen molar-refractivity contribution in [1.29, 1.82) is 0 Å². The molecule has 1 unspecified atom stereocenters. The van der Waals surface area contributed by atoms with Crippen molar-refractivity contribution in [3.8, 4) is 0 Å². The summed E-state index contributed by atoms with van der Waals surface area (Å²) in [6.07, 6.45) is 5.61. The first-order chi connectivity index (χ1) is 6.29. The first kappa shape index (κ1) is 11.0. The zero-order valence-corrected chi connectivity index (χ0v) is 9.01. The van der Waals surface area contributed by atoms with Crippen molar-refractivity contribution in [3.05, 3.63) is 0 Å². The SMILES string of the molecule is CC(C)CNCCC1CCCCO1. The van der Waals surface area contributed by atoms with Gasteiger partial charge in [-0.25, -0.2) is 0 Å². The van der Waals surface area contributed by atoms with E-state index in [1.54, 1.807) is 0 Å². The molecule has 1 saturated heterocycles. The summed E-state index contributed by atoms with van der Waals surface area (Å²) in [5.74, 6) is 0.757. The molecule has 1 aliphatic rings. The van der Waals surface area contributed by atoms with E-state index in [4.69, 9.17) is 4.74 Å². The Morgan fingerprint density at radius 3 is 2.85 bits per heavy atom. The van der Waals surface area contributed by atoms with Crippen LogP contribution in [0.4, 0.5) is 0 Å². The molecule has 1 atom stereocenters. The van der Waals surface area contributed by atoms with Crippen LogP contribution in [0.1, 0.15) is 39.5 Å². The van der Waals surface area contributed by atoms with Crippen LogP contribution in [0.25, 0.3) is 0 Å². The van der Waals surface area contributed by atoms with Gasteiger partial charge in [-0.15, -0.1) is 0 Å². The molecule has 1 rings (SSSR count). The van der Waals surface area contributed by atoms with E-state index in [9.17, 15) is 0 Å². The molecule has 0 spiro atoms. The summed E-state index contributed by atoms with van der Waals surface area (Å²) in [6, 6.07) is 0. The lowest BCUT2D eigenvalue weighted by atomic mass is 10.1. The van der Waals surface area contributed by atoms with Gasteiger partial charge in [0.1, 0.15) is 0 Å². The Kier molecular flexibility index (Phi) is 5.40. The van der Waals surface area contributed by atoms with Crippen molar-refractivity contribution >= 4 is 0 Å². The predicted molar refractivity (Wildman–Crippen MR) is 55.9 cm³/mol. The number of hydrogen-bond donors (Lipinski definition) is 1. The van der Waals surface area contributed by atoms with Gasteiger partial charge in [0, 0.05) is 6.61 Å². The molecule has 13 heavy (non-hydrogen) atoms. The van der Waals surface area contributed by atoms with Crippen molar-refractivity contribution in [2.45, 2.75) is 45.6 Å². The topological polar surface area (TPSA) is 21.3 Å². The quantitative estimate of drug-likeness (QED) is 0.663. The second kappa shape index (κ2) is 6.39. The third-order valence-electron chi connectivity index (χ3n) is 2.47. The van der Waals surface area contributed by atoms with E-state index in [2.05, 4.69) is 19.2 Å². The standard InChI is InChI=1S/C11H23NO/c1-10(2)9-12-7-6-11-5-3-4-8-13-11/h10-12H,3-9H2,1-2H3. The second-order valence-electron chi connectivity index (χ2n) is 4.38. The summed E-state index contributed by atoms with van der Waals surface area (Å²) in [4.78, 5) is 0. The largest absolute Gasteiger partial charge is 0.378 e. The Morgan fingerprint density at radius 1 is 1.38 bits per heavy atom. The predicted octanol–water partition coefficient (Wildman–Crippen LogP) is 2.19. The minimum atomic E-state index is 0.536. The second-order valence-corrected chi connectivity index (χ2v) is 4.38. The summed E-state index contributed by atoms with van der Waals surface area (Å²) >= 11 is 0. The van der Waals surface area contributed by atoms with E-state index in [0.29, 0.717) is 6.10 Å². The summed E-state index contributed by atoms with van der Waals surface area (Å²) in [6.45, 7) is 7.71. The lowest BCUT2D eigenvalue weighted by Crippen LogP contribution is -2.27. The van der Waals surface area contributed by atoms with Gasteiger partial charge in [-0.3, -0.25) is 0 Å². The molecule has 0 aliphatic carbocycles. The third kappa shape index (κ3) is 5.27. The van der Waals surface area contributed by atoms with Crippen molar-refractivity contribution in [2.24, 2.45) is 5.92 Å². The summed E-state index contributed by atoms with van der Waals surface area (Å²) < 4.78 is 5.64. The Morgan fingerprint density at radius 2 is 2.23 bits per heavy atom. The summed E-state index contributed by atoms with van der Waals surface area (Å²) in [5, 5.41) is 3.45. The van der Waals surface area contributed by atoms with Crippen LogP contribution < -0.4 is 5.32 Å². The Hall–Kier alpha value is -0.0800. The van der Waals surface area contributed by atoms with Gasteiger partial charge < -0.3 is 10.1 Å². The molecule has 0 aromatic carbocycles. The van der Waals surface area contributed by atoms with Crippen molar-refractivity contribution in [3.63, 3.8) is 0 Å². The van der Waals surface area contributed by atoms with Gasteiger partial charge in [0.15, 0.2) is 0 Å². The number of ether oxygens (including phenoxy) is 1. The lowest BCUT2D eigenvalue weighted by molar-refractivity contribution is 0.0115. The average molecular weight is 185 g/mol. The fraction of sp³-hybridized carbons (Fsp3) is 1.00. The van der Waals surface area contributed by atoms with Crippen LogP contribution in [0, 0.1) is 5.92 Å². The Bertz CT molecular complexity index is 119. The van der Waals surface area contributed by atoms with Crippen molar-refractivity contribution < 1.29 is 4.74 Å². The van der Waals surface area contributed by atoms with Crippen LogP contribution in [0.5, 0.6) is 0 Å². The highest BCUT2D eigenvalue weighted by molar-refractivity contribution is 4.65. The first-order valence-corrected chi connectivity index (χ1v) is 5.61. The number of nitrogens with one attached hydrogen (secondary N) is 1. The maximum absolute atomic E-state index is 5.64. The Balaban J connectivity index is 1.92. The van der Waals surface area contributed by atoms with Crippen LogP contribution in [-0.2, 0) is 4.74 Å². The minimum Gasteiger partial charge on any atom is -0.378 e. The van der Waals surface area contributed by atoms with Gasteiger partial charge >= 0.3 is 0 Å². The molecular weight excluding hydrogens is 162 g/mol. The zero-order chi connectivity index (χ0) is 9.52.